The largest absolute Gasteiger partial charge is 0.453 e. The van der Waals surface area contributed by atoms with E-state index in [9.17, 15) is 19.2 Å². The number of alkyl carbamates (subject to hydrolysis) is 2. The molecule has 4 fully saturated rings. The summed E-state index contributed by atoms with van der Waals surface area (Å²) in [5.74, 6) is 3.40. The maximum absolute atomic E-state index is 14.7. The summed E-state index contributed by atoms with van der Waals surface area (Å²) in [6.45, 7) is 14.1. The van der Waals surface area contributed by atoms with E-state index >= 15 is 0 Å². The molecule has 4 amide bonds. The highest BCUT2D eigenvalue weighted by molar-refractivity contribution is 5.88. The molecule has 4 aromatic rings. The Balaban J connectivity index is 0.960. The van der Waals surface area contributed by atoms with Gasteiger partial charge in [-0.2, -0.15) is 0 Å². The van der Waals surface area contributed by atoms with Crippen LogP contribution in [0.4, 0.5) is 9.59 Å². The SMILES string of the molecule is C#C[C@@H]1CC[C@@H](c2ncc(-c3ccc(-c4ccc(-c5cnc([C@@H]6CC[C@@H](C(=C)C)N6C(=O)[C@@H](NC(=O)OC)C6C[C@@H](C)O[C@H](C)C6)[nH]5)cc4)cc3)[nH]2)N1C(=O)[C@@H](NC(=O)OC)C1C[C@@H](C)O[C@H](C)C1. The number of amides is 4. The standard InChI is InChI=1S/C53H66N8O8/c1-10-40-19-20-44(60(40)50(62)46(58-52(64)66-8)38-23-30(4)68-31(5)24-38)48-54-27-41(56-48)36-15-11-34(12-16-36)35-13-17-37(18-14-35)42-28-55-49(57-42)45-22-21-43(29(2)3)61(45)51(63)47(59-53(65)67-9)39-25-32(6)69-33(7)26-39/h1,11-18,27-28,30-33,38-40,43-47H,2,19-26H2,3-9H3,(H,54,56)(H,55,57)(H,58,64)(H,59,65)/t30-,31-,32-,33-,40-,43+,44+,45+,46+,47+/m1/s1. The minimum absolute atomic E-state index is 0.0525. The number of methoxy groups -OCH3 is 2. The van der Waals surface area contributed by atoms with Crippen LogP contribution in [0.2, 0.25) is 0 Å². The number of hydrogen-bond acceptors (Lipinski definition) is 10. The average Bonchev–Trinajstić information content (AvgIpc) is 4.18. The summed E-state index contributed by atoms with van der Waals surface area (Å²) in [6.07, 6.45) is 13.2. The van der Waals surface area contributed by atoms with E-state index in [-0.39, 0.29) is 60.1 Å². The van der Waals surface area contributed by atoms with Crippen molar-refractivity contribution < 1.29 is 38.1 Å². The Hall–Kier alpha value is -6.44. The van der Waals surface area contributed by atoms with Crippen LogP contribution < -0.4 is 10.6 Å². The third-order valence-electron chi connectivity index (χ3n) is 14.4. The van der Waals surface area contributed by atoms with Crippen molar-refractivity contribution in [1.82, 2.24) is 40.4 Å². The lowest BCUT2D eigenvalue weighted by molar-refractivity contribution is -0.140. The van der Waals surface area contributed by atoms with Gasteiger partial charge in [0.1, 0.15) is 23.7 Å². The molecule has 16 heteroatoms. The lowest BCUT2D eigenvalue weighted by Crippen LogP contribution is -2.56. The molecule has 366 valence electrons. The fraction of sp³-hybridized carbons (Fsp3) is 0.509. The molecule has 4 N–H and O–H groups in total. The van der Waals surface area contributed by atoms with E-state index in [1.165, 1.54) is 14.2 Å². The topological polar surface area (TPSA) is 193 Å². The summed E-state index contributed by atoms with van der Waals surface area (Å²) >= 11 is 0. The Morgan fingerprint density at radius 3 is 1.46 bits per heavy atom. The number of aromatic amines is 2. The Morgan fingerprint density at radius 2 is 1.06 bits per heavy atom. The third-order valence-corrected chi connectivity index (χ3v) is 14.4. The Morgan fingerprint density at radius 1 is 0.667 bits per heavy atom. The number of likely N-dealkylation sites (tertiary alicyclic amines) is 2. The zero-order valence-corrected chi connectivity index (χ0v) is 40.7. The molecular formula is C53H66N8O8. The molecule has 0 saturated carbocycles. The number of ether oxygens (including phenoxy) is 4. The highest BCUT2D eigenvalue weighted by Gasteiger charge is 2.47. The molecule has 4 aliphatic rings. The Kier molecular flexibility index (Phi) is 14.9. The zero-order chi connectivity index (χ0) is 49.1. The first-order valence-corrected chi connectivity index (χ1v) is 24.2. The molecule has 4 aliphatic heterocycles. The summed E-state index contributed by atoms with van der Waals surface area (Å²) in [4.78, 5) is 74.5. The van der Waals surface area contributed by atoms with Crippen molar-refractivity contribution in [2.24, 2.45) is 11.8 Å². The minimum atomic E-state index is -0.834. The quantitative estimate of drug-likeness (QED) is 0.0794. The molecule has 0 aliphatic carbocycles. The van der Waals surface area contributed by atoms with Gasteiger partial charge in [0.05, 0.1) is 86.6 Å². The first-order chi connectivity index (χ1) is 33.1. The van der Waals surface area contributed by atoms with Crippen LogP contribution in [-0.4, -0.2) is 117 Å². The predicted octanol–water partition coefficient (Wildman–Crippen LogP) is 8.26. The van der Waals surface area contributed by atoms with Crippen LogP contribution in [0.25, 0.3) is 33.6 Å². The second kappa shape index (κ2) is 21.1. The highest BCUT2D eigenvalue weighted by atomic mass is 16.5. The summed E-state index contributed by atoms with van der Waals surface area (Å²) in [5.41, 5.74) is 6.42. The summed E-state index contributed by atoms with van der Waals surface area (Å²) < 4.78 is 21.9. The predicted molar refractivity (Wildman–Crippen MR) is 260 cm³/mol. The van der Waals surface area contributed by atoms with Gasteiger partial charge >= 0.3 is 12.2 Å². The normalized spacial score (nSPS) is 27.7. The molecule has 10 atom stereocenters. The molecule has 0 unspecified atom stereocenters. The van der Waals surface area contributed by atoms with E-state index in [0.29, 0.717) is 56.6 Å². The van der Waals surface area contributed by atoms with Crippen molar-refractivity contribution in [2.45, 2.75) is 147 Å². The van der Waals surface area contributed by atoms with Gasteiger partial charge in [0.2, 0.25) is 11.8 Å². The van der Waals surface area contributed by atoms with Gasteiger partial charge in [-0.1, -0.05) is 66.6 Å². The van der Waals surface area contributed by atoms with E-state index in [4.69, 9.17) is 35.3 Å². The molecule has 16 nitrogen and oxygen atoms in total. The number of nitrogens with zero attached hydrogens (tertiary/aromatic N) is 4. The second-order valence-electron chi connectivity index (χ2n) is 19.4. The third kappa shape index (κ3) is 10.6. The summed E-state index contributed by atoms with van der Waals surface area (Å²) in [6, 6.07) is 13.4. The minimum Gasteiger partial charge on any atom is -0.453 e. The summed E-state index contributed by atoms with van der Waals surface area (Å²) in [5, 5.41) is 5.71. The molecule has 4 saturated heterocycles. The van der Waals surface area contributed by atoms with Crippen LogP contribution in [-0.2, 0) is 28.5 Å². The molecule has 2 aromatic carbocycles. The number of hydrogen-bond donors (Lipinski definition) is 4. The van der Waals surface area contributed by atoms with Gasteiger partial charge in [0.15, 0.2) is 0 Å². The van der Waals surface area contributed by atoms with Crippen LogP contribution in [0.5, 0.6) is 0 Å². The molecule has 8 rings (SSSR count). The number of imidazole rings is 2. The van der Waals surface area contributed by atoms with E-state index in [1.807, 2.05) is 63.8 Å². The lowest BCUT2D eigenvalue weighted by atomic mass is 9.85. The van der Waals surface area contributed by atoms with Crippen LogP contribution in [0.1, 0.15) is 110 Å². The highest BCUT2D eigenvalue weighted by Crippen LogP contribution is 2.42. The number of aromatic nitrogens is 4. The van der Waals surface area contributed by atoms with Gasteiger partial charge in [-0.15, -0.1) is 6.42 Å². The first-order valence-electron chi connectivity index (χ1n) is 24.2. The number of H-pyrrole nitrogens is 2. The molecule has 0 radical (unpaired) electrons. The van der Waals surface area contributed by atoms with Gasteiger partial charge < -0.3 is 49.3 Å². The number of terminal acetylenes is 1. The van der Waals surface area contributed by atoms with E-state index < -0.39 is 36.4 Å². The number of rotatable bonds is 12. The number of carbonyl (C=O) groups excluding carboxylic acids is 4. The average molecular weight is 943 g/mol. The van der Waals surface area contributed by atoms with Crippen molar-refractivity contribution in [2.75, 3.05) is 14.2 Å². The monoisotopic (exact) mass is 943 g/mol. The van der Waals surface area contributed by atoms with Crippen molar-refractivity contribution in [3.63, 3.8) is 0 Å². The fourth-order valence-corrected chi connectivity index (χ4v) is 11.3. The van der Waals surface area contributed by atoms with Crippen molar-refractivity contribution >= 4 is 24.0 Å². The van der Waals surface area contributed by atoms with Gasteiger partial charge in [-0.25, -0.2) is 19.6 Å². The first kappa shape index (κ1) is 49.0. The van der Waals surface area contributed by atoms with Gasteiger partial charge in [0, 0.05) is 0 Å². The molecule has 6 heterocycles. The van der Waals surface area contributed by atoms with E-state index in [2.05, 4.69) is 57.4 Å². The number of carbonyl (C=O) groups is 4. The molecule has 2 aromatic heterocycles. The lowest BCUT2D eigenvalue weighted by Gasteiger charge is -2.39. The van der Waals surface area contributed by atoms with Crippen LogP contribution in [0.15, 0.2) is 73.1 Å². The van der Waals surface area contributed by atoms with Gasteiger partial charge in [-0.05, 0) is 120 Å². The van der Waals surface area contributed by atoms with Crippen LogP contribution >= 0.6 is 0 Å². The van der Waals surface area contributed by atoms with E-state index in [1.54, 1.807) is 17.3 Å². The molecular weight excluding hydrogens is 877 g/mol. The van der Waals surface area contributed by atoms with Crippen molar-refractivity contribution in [1.29, 1.82) is 0 Å². The van der Waals surface area contributed by atoms with Gasteiger partial charge in [-0.3, -0.25) is 9.59 Å². The molecule has 0 bridgehead atoms. The maximum atomic E-state index is 14.7. The van der Waals surface area contributed by atoms with Crippen LogP contribution in [0, 0.1) is 24.2 Å². The Bertz CT molecular complexity index is 2510. The number of benzene rings is 2. The number of nitrogens with one attached hydrogen (secondary N) is 4. The van der Waals surface area contributed by atoms with Crippen molar-refractivity contribution in [3.8, 4) is 46.0 Å². The summed E-state index contributed by atoms with van der Waals surface area (Å²) in [7, 11) is 2.59. The fourth-order valence-electron chi connectivity index (χ4n) is 11.3. The molecule has 0 spiro atoms. The smallest absolute Gasteiger partial charge is 0.407 e. The van der Waals surface area contributed by atoms with Gasteiger partial charge in [0.25, 0.3) is 0 Å². The molecule has 69 heavy (non-hydrogen) atoms. The second-order valence-corrected chi connectivity index (χ2v) is 19.4. The maximum Gasteiger partial charge on any atom is 0.407 e. The van der Waals surface area contributed by atoms with E-state index in [0.717, 1.165) is 45.6 Å². The van der Waals surface area contributed by atoms with Crippen LogP contribution in [0.3, 0.4) is 0 Å². The Labute approximate surface area is 404 Å². The van der Waals surface area contributed by atoms with Crippen molar-refractivity contribution in [3.05, 3.63) is 84.7 Å². The zero-order valence-electron chi connectivity index (χ0n) is 40.7.